The molecule has 0 aliphatic rings. The predicted octanol–water partition coefficient (Wildman–Crippen LogP) is 0.569. The Labute approximate surface area is 82.6 Å². The predicted molar refractivity (Wildman–Crippen MR) is 58.6 cm³/mol. The number of nitrogens with zero attached hydrogens (tertiary/aromatic N) is 2. The first-order valence-corrected chi connectivity index (χ1v) is 4.40. The zero-order chi connectivity index (χ0) is 9.68. The first-order valence-electron chi connectivity index (χ1n) is 3.77. The van der Waals surface area contributed by atoms with Gasteiger partial charge in [0.25, 0.3) is 0 Å². The Morgan fingerprint density at radius 1 is 1.38 bits per heavy atom. The van der Waals surface area contributed by atoms with Crippen molar-refractivity contribution in [2.24, 2.45) is 16.8 Å². The third kappa shape index (κ3) is 2.37. The van der Waals surface area contributed by atoms with E-state index >= 15 is 0 Å². The zero-order valence-electron chi connectivity index (χ0n) is 7.09. The van der Waals surface area contributed by atoms with Gasteiger partial charge in [-0.15, -0.1) is 0 Å². The van der Waals surface area contributed by atoms with Crippen molar-refractivity contribution in [3.8, 4) is 0 Å². The molecule has 13 heavy (non-hydrogen) atoms. The molecule has 0 amide bonds. The quantitative estimate of drug-likeness (QED) is 0.213. The molecule has 4 nitrogen and oxygen atoms in total. The van der Waals surface area contributed by atoms with Crippen molar-refractivity contribution in [2.45, 2.75) is 0 Å². The van der Waals surface area contributed by atoms with E-state index in [1.54, 1.807) is 0 Å². The maximum Gasteiger partial charge on any atom is 0.152 e. The van der Waals surface area contributed by atoms with Crippen LogP contribution in [0.1, 0.15) is 0 Å². The minimum Gasteiger partial charge on any atom is -0.321 e. The second kappa shape index (κ2) is 4.74. The van der Waals surface area contributed by atoms with Crippen LogP contribution in [0.25, 0.3) is 0 Å². The number of para-hydroxylation sites is 1. The Morgan fingerprint density at radius 2 is 2.00 bits per heavy atom. The molecule has 0 aliphatic heterocycles. The highest BCUT2D eigenvalue weighted by atomic mass is 32.1. The number of hydrazone groups is 1. The standard InChI is InChI=1S/C8H12N4S/c9-11-8(6-13)12(10)7-4-2-1-3-5-7/h1-5,13H,6,9-10H2/b11-8-. The van der Waals surface area contributed by atoms with Crippen LogP contribution in [-0.2, 0) is 0 Å². The van der Waals surface area contributed by atoms with Crippen molar-refractivity contribution in [1.82, 2.24) is 0 Å². The van der Waals surface area contributed by atoms with Crippen LogP contribution >= 0.6 is 12.6 Å². The summed E-state index contributed by atoms with van der Waals surface area (Å²) in [6, 6.07) is 9.43. The van der Waals surface area contributed by atoms with E-state index in [0.29, 0.717) is 11.6 Å². The van der Waals surface area contributed by atoms with Gasteiger partial charge in [-0.05, 0) is 12.1 Å². The maximum absolute atomic E-state index is 5.73. The molecule has 0 aromatic heterocycles. The summed E-state index contributed by atoms with van der Waals surface area (Å²) in [5.74, 6) is 11.8. The number of amidine groups is 1. The van der Waals surface area contributed by atoms with Gasteiger partial charge in [-0.25, -0.2) is 5.84 Å². The summed E-state index contributed by atoms with van der Waals surface area (Å²) in [5.41, 5.74) is 0.834. The third-order valence-electron chi connectivity index (χ3n) is 1.60. The number of benzene rings is 1. The van der Waals surface area contributed by atoms with Gasteiger partial charge in [-0.3, -0.25) is 5.01 Å². The SMILES string of the molecule is N/N=C(/CS)N(N)c1ccccc1. The van der Waals surface area contributed by atoms with Gasteiger partial charge in [0.1, 0.15) is 0 Å². The van der Waals surface area contributed by atoms with E-state index < -0.39 is 0 Å². The largest absolute Gasteiger partial charge is 0.321 e. The summed E-state index contributed by atoms with van der Waals surface area (Å²) >= 11 is 4.05. The summed E-state index contributed by atoms with van der Waals surface area (Å²) in [6.45, 7) is 0. The number of thiol groups is 1. The number of anilines is 1. The highest BCUT2D eigenvalue weighted by Gasteiger charge is 2.06. The maximum atomic E-state index is 5.73. The van der Waals surface area contributed by atoms with Crippen molar-refractivity contribution in [2.75, 3.05) is 10.8 Å². The molecule has 5 heteroatoms. The lowest BCUT2D eigenvalue weighted by Gasteiger charge is -2.18. The van der Waals surface area contributed by atoms with Crippen LogP contribution in [0.2, 0.25) is 0 Å². The average molecular weight is 196 g/mol. The molecule has 0 heterocycles. The molecular formula is C8H12N4S. The van der Waals surface area contributed by atoms with E-state index in [1.807, 2.05) is 30.3 Å². The lowest BCUT2D eigenvalue weighted by atomic mass is 10.3. The number of hydrogen-bond acceptors (Lipinski definition) is 4. The summed E-state index contributed by atoms with van der Waals surface area (Å²) in [5, 5.41) is 4.93. The van der Waals surface area contributed by atoms with Gasteiger partial charge in [-0.1, -0.05) is 18.2 Å². The second-order valence-electron chi connectivity index (χ2n) is 2.41. The molecule has 0 atom stereocenters. The topological polar surface area (TPSA) is 67.6 Å². The molecule has 0 radical (unpaired) electrons. The van der Waals surface area contributed by atoms with Crippen molar-refractivity contribution >= 4 is 24.2 Å². The van der Waals surface area contributed by atoms with E-state index in [1.165, 1.54) is 5.01 Å². The molecule has 0 saturated carbocycles. The van der Waals surface area contributed by atoms with E-state index in [9.17, 15) is 0 Å². The first kappa shape index (κ1) is 9.88. The fraction of sp³-hybridized carbons (Fsp3) is 0.125. The molecule has 1 aromatic rings. The fourth-order valence-electron chi connectivity index (χ4n) is 0.917. The Balaban J connectivity index is 2.85. The van der Waals surface area contributed by atoms with E-state index in [4.69, 9.17) is 11.7 Å². The van der Waals surface area contributed by atoms with Crippen LogP contribution in [0, 0.1) is 0 Å². The number of hydrogen-bond donors (Lipinski definition) is 3. The molecule has 0 aliphatic carbocycles. The van der Waals surface area contributed by atoms with Crippen LogP contribution in [0.3, 0.4) is 0 Å². The molecule has 0 unspecified atom stereocenters. The smallest absolute Gasteiger partial charge is 0.152 e. The lowest BCUT2D eigenvalue weighted by molar-refractivity contribution is 1.09. The van der Waals surface area contributed by atoms with Crippen LogP contribution in [0.5, 0.6) is 0 Å². The van der Waals surface area contributed by atoms with Gasteiger partial charge in [0.15, 0.2) is 5.84 Å². The minimum atomic E-state index is 0.405. The van der Waals surface area contributed by atoms with Gasteiger partial charge in [0, 0.05) is 0 Å². The Hall–Kier alpha value is -1.20. The van der Waals surface area contributed by atoms with Crippen molar-refractivity contribution in [3.63, 3.8) is 0 Å². The van der Waals surface area contributed by atoms with Crippen LogP contribution in [-0.4, -0.2) is 11.6 Å². The van der Waals surface area contributed by atoms with Gasteiger partial charge in [0.2, 0.25) is 0 Å². The van der Waals surface area contributed by atoms with E-state index in [-0.39, 0.29) is 0 Å². The summed E-state index contributed by atoms with van der Waals surface area (Å²) in [6.07, 6.45) is 0. The first-order chi connectivity index (χ1) is 6.29. The number of rotatable bonds is 2. The number of nitrogens with two attached hydrogens (primary N) is 2. The summed E-state index contributed by atoms with van der Waals surface area (Å²) < 4.78 is 0. The molecule has 1 aromatic carbocycles. The van der Waals surface area contributed by atoms with Gasteiger partial charge < -0.3 is 5.84 Å². The summed E-state index contributed by atoms with van der Waals surface area (Å²) in [4.78, 5) is 0. The molecule has 0 spiro atoms. The highest BCUT2D eigenvalue weighted by molar-refractivity contribution is 7.81. The molecule has 70 valence electrons. The van der Waals surface area contributed by atoms with Crippen LogP contribution in [0.15, 0.2) is 35.4 Å². The third-order valence-corrected chi connectivity index (χ3v) is 1.89. The molecule has 0 bridgehead atoms. The Morgan fingerprint density at radius 3 is 2.46 bits per heavy atom. The molecule has 0 saturated heterocycles. The van der Waals surface area contributed by atoms with Crippen LogP contribution < -0.4 is 16.7 Å². The van der Waals surface area contributed by atoms with Crippen molar-refractivity contribution < 1.29 is 0 Å². The minimum absolute atomic E-state index is 0.405. The summed E-state index contributed by atoms with van der Waals surface area (Å²) in [7, 11) is 0. The van der Waals surface area contributed by atoms with Gasteiger partial charge in [0.05, 0.1) is 11.4 Å². The second-order valence-corrected chi connectivity index (χ2v) is 2.73. The van der Waals surface area contributed by atoms with Crippen LogP contribution in [0.4, 0.5) is 5.69 Å². The lowest BCUT2D eigenvalue weighted by Crippen LogP contribution is -2.39. The molecule has 1 rings (SSSR count). The number of hydrazine groups is 1. The van der Waals surface area contributed by atoms with E-state index in [2.05, 4.69) is 17.7 Å². The van der Waals surface area contributed by atoms with Crippen molar-refractivity contribution in [3.05, 3.63) is 30.3 Å². The average Bonchev–Trinajstić information content (AvgIpc) is 2.21. The Kier molecular flexibility index (Phi) is 3.60. The monoisotopic (exact) mass is 196 g/mol. The molecular weight excluding hydrogens is 184 g/mol. The molecule has 0 fully saturated rings. The zero-order valence-corrected chi connectivity index (χ0v) is 7.98. The molecule has 4 N–H and O–H groups in total. The van der Waals surface area contributed by atoms with Gasteiger partial charge in [-0.2, -0.15) is 17.7 Å². The highest BCUT2D eigenvalue weighted by Crippen LogP contribution is 2.09. The van der Waals surface area contributed by atoms with E-state index in [0.717, 1.165) is 5.69 Å². The van der Waals surface area contributed by atoms with Crippen molar-refractivity contribution in [1.29, 1.82) is 0 Å². The van der Waals surface area contributed by atoms with Gasteiger partial charge >= 0.3 is 0 Å². The Bertz CT molecular complexity index is 285. The normalized spacial score (nSPS) is 11.4. The fourth-order valence-corrected chi connectivity index (χ4v) is 1.15.